The van der Waals surface area contributed by atoms with Gasteiger partial charge in [0.2, 0.25) is 0 Å². The Balaban J connectivity index is 1.48. The molecule has 6 heteroatoms. The molecular weight excluding hydrogens is 381 g/mol. The first-order valence-electron chi connectivity index (χ1n) is 10.2. The number of amides is 1. The number of likely N-dealkylation sites (tertiary alicyclic amines) is 1. The second-order valence-electron chi connectivity index (χ2n) is 7.73. The van der Waals surface area contributed by atoms with Gasteiger partial charge in [0.05, 0.1) is 22.6 Å². The minimum absolute atomic E-state index is 0.0550. The Morgan fingerprint density at radius 3 is 2.23 bits per heavy atom. The molecule has 1 saturated heterocycles. The number of carbonyl (C=O) groups is 2. The van der Waals surface area contributed by atoms with Gasteiger partial charge < -0.3 is 4.90 Å². The van der Waals surface area contributed by atoms with Gasteiger partial charge in [0, 0.05) is 24.6 Å². The van der Waals surface area contributed by atoms with E-state index >= 15 is 0 Å². The zero-order valence-electron chi connectivity index (χ0n) is 17.1. The maximum Gasteiger partial charge on any atom is 0.257 e. The highest BCUT2D eigenvalue weighted by atomic mass is 19.1. The third kappa shape index (κ3) is 3.77. The highest BCUT2D eigenvalue weighted by molar-refractivity contribution is 5.99. The van der Waals surface area contributed by atoms with Crippen LogP contribution in [0.15, 0.2) is 54.6 Å². The minimum Gasteiger partial charge on any atom is -0.338 e. The number of rotatable bonds is 4. The van der Waals surface area contributed by atoms with E-state index in [1.807, 2.05) is 44.2 Å². The zero-order valence-corrected chi connectivity index (χ0v) is 17.1. The summed E-state index contributed by atoms with van der Waals surface area (Å²) in [7, 11) is 0. The molecule has 0 bridgehead atoms. The van der Waals surface area contributed by atoms with E-state index in [1.165, 1.54) is 12.1 Å². The number of halogens is 1. The van der Waals surface area contributed by atoms with Crippen molar-refractivity contribution in [2.45, 2.75) is 26.7 Å². The van der Waals surface area contributed by atoms with Crippen LogP contribution in [-0.2, 0) is 0 Å². The van der Waals surface area contributed by atoms with Gasteiger partial charge in [0.25, 0.3) is 5.91 Å². The molecule has 0 radical (unpaired) electrons. The van der Waals surface area contributed by atoms with E-state index in [-0.39, 0.29) is 23.4 Å². The first-order valence-corrected chi connectivity index (χ1v) is 10.2. The maximum absolute atomic E-state index is 13.2. The zero-order chi connectivity index (χ0) is 21.3. The molecule has 0 atom stereocenters. The fraction of sp³-hybridized carbons (Fsp3) is 0.292. The number of Topliss-reactive ketones (excluding diaryl/α,β-unsaturated/α-hetero) is 1. The second-order valence-corrected chi connectivity index (χ2v) is 7.73. The van der Waals surface area contributed by atoms with E-state index in [9.17, 15) is 14.0 Å². The number of aromatic nitrogens is 2. The van der Waals surface area contributed by atoms with Gasteiger partial charge in [-0.15, -0.1) is 0 Å². The Bertz CT molecular complexity index is 1070. The molecule has 1 amide bonds. The predicted molar refractivity (Wildman–Crippen MR) is 112 cm³/mol. The summed E-state index contributed by atoms with van der Waals surface area (Å²) >= 11 is 0. The molecule has 2 heterocycles. The van der Waals surface area contributed by atoms with Crippen LogP contribution >= 0.6 is 0 Å². The molecule has 1 aliphatic heterocycles. The summed E-state index contributed by atoms with van der Waals surface area (Å²) in [6.45, 7) is 4.75. The van der Waals surface area contributed by atoms with Gasteiger partial charge in [-0.25, -0.2) is 9.07 Å². The second kappa shape index (κ2) is 8.22. The molecule has 0 aliphatic carbocycles. The molecule has 154 valence electrons. The molecule has 3 aromatic rings. The number of ketones is 1. The van der Waals surface area contributed by atoms with Crippen LogP contribution in [0.1, 0.15) is 44.9 Å². The van der Waals surface area contributed by atoms with Crippen molar-refractivity contribution < 1.29 is 14.0 Å². The Kier molecular flexibility index (Phi) is 5.48. The summed E-state index contributed by atoms with van der Waals surface area (Å²) in [5.41, 5.74) is 3.39. The number of carbonyl (C=O) groups excluding carboxylic acids is 2. The van der Waals surface area contributed by atoms with Gasteiger partial charge in [-0.2, -0.15) is 5.10 Å². The normalized spacial score (nSPS) is 14.7. The standard InChI is InChI=1S/C24H24FN3O2/c1-16-22(17(2)28(26-16)21-10-8-20(25)9-11-21)24(30)27-14-12-19(13-15-27)23(29)18-6-4-3-5-7-18/h3-11,19H,12-15H2,1-2H3. The molecule has 4 rings (SSSR count). The summed E-state index contributed by atoms with van der Waals surface area (Å²) in [6, 6.07) is 15.4. The van der Waals surface area contributed by atoms with E-state index < -0.39 is 0 Å². The van der Waals surface area contributed by atoms with Crippen LogP contribution in [0, 0.1) is 25.6 Å². The van der Waals surface area contributed by atoms with Crippen molar-refractivity contribution >= 4 is 11.7 Å². The largest absolute Gasteiger partial charge is 0.338 e. The fourth-order valence-corrected chi connectivity index (χ4v) is 4.13. The quantitative estimate of drug-likeness (QED) is 0.606. The van der Waals surface area contributed by atoms with Crippen LogP contribution in [0.3, 0.4) is 0 Å². The minimum atomic E-state index is -0.315. The lowest BCUT2D eigenvalue weighted by atomic mass is 9.88. The number of piperidine rings is 1. The van der Waals surface area contributed by atoms with E-state index in [0.717, 1.165) is 11.3 Å². The molecule has 1 aliphatic rings. The predicted octanol–water partition coefficient (Wildman–Crippen LogP) is 4.36. The lowest BCUT2D eigenvalue weighted by Gasteiger charge is -2.31. The monoisotopic (exact) mass is 405 g/mol. The molecule has 30 heavy (non-hydrogen) atoms. The summed E-state index contributed by atoms with van der Waals surface area (Å²) in [6.07, 6.45) is 1.31. The molecule has 0 spiro atoms. The van der Waals surface area contributed by atoms with Crippen LogP contribution < -0.4 is 0 Å². The van der Waals surface area contributed by atoms with E-state index in [1.54, 1.807) is 21.7 Å². The average molecular weight is 405 g/mol. The number of nitrogens with zero attached hydrogens (tertiary/aromatic N) is 3. The molecule has 0 saturated carbocycles. The smallest absolute Gasteiger partial charge is 0.257 e. The number of aryl methyl sites for hydroxylation is 1. The molecule has 0 N–H and O–H groups in total. The molecular formula is C24H24FN3O2. The van der Waals surface area contributed by atoms with Gasteiger partial charge in [-0.1, -0.05) is 30.3 Å². The van der Waals surface area contributed by atoms with Crippen molar-refractivity contribution in [2.75, 3.05) is 13.1 Å². The van der Waals surface area contributed by atoms with Gasteiger partial charge in [0.15, 0.2) is 5.78 Å². The Hall–Kier alpha value is -3.28. The molecule has 2 aromatic carbocycles. The summed E-state index contributed by atoms with van der Waals surface area (Å²) in [5.74, 6) is -0.284. The van der Waals surface area contributed by atoms with Crippen molar-refractivity contribution in [2.24, 2.45) is 5.92 Å². The summed E-state index contributed by atoms with van der Waals surface area (Å²) < 4.78 is 14.9. The Labute approximate surface area is 175 Å². The molecule has 1 fully saturated rings. The van der Waals surface area contributed by atoms with Crippen LogP contribution in [0.4, 0.5) is 4.39 Å². The topological polar surface area (TPSA) is 55.2 Å². The number of hydrogen-bond acceptors (Lipinski definition) is 3. The number of hydrogen-bond donors (Lipinski definition) is 0. The third-order valence-electron chi connectivity index (χ3n) is 5.79. The van der Waals surface area contributed by atoms with Gasteiger partial charge in [-0.05, 0) is 51.0 Å². The fourth-order valence-electron chi connectivity index (χ4n) is 4.13. The van der Waals surface area contributed by atoms with Crippen molar-refractivity contribution in [3.8, 4) is 5.69 Å². The first kappa shape index (κ1) is 20.0. The average Bonchev–Trinajstić information content (AvgIpc) is 3.08. The van der Waals surface area contributed by atoms with Crippen molar-refractivity contribution in [1.82, 2.24) is 14.7 Å². The summed E-state index contributed by atoms with van der Waals surface area (Å²) in [5, 5.41) is 4.50. The Morgan fingerprint density at radius 1 is 0.967 bits per heavy atom. The van der Waals surface area contributed by atoms with Crippen LogP contribution in [-0.4, -0.2) is 39.5 Å². The van der Waals surface area contributed by atoms with E-state index in [0.29, 0.717) is 42.9 Å². The Morgan fingerprint density at radius 2 is 1.60 bits per heavy atom. The van der Waals surface area contributed by atoms with Crippen LogP contribution in [0.25, 0.3) is 5.69 Å². The van der Waals surface area contributed by atoms with Crippen molar-refractivity contribution in [3.05, 3.63) is 82.9 Å². The lowest BCUT2D eigenvalue weighted by molar-refractivity contribution is 0.0649. The highest BCUT2D eigenvalue weighted by Crippen LogP contribution is 2.25. The molecule has 0 unspecified atom stereocenters. The first-order chi connectivity index (χ1) is 14.5. The third-order valence-corrected chi connectivity index (χ3v) is 5.79. The summed E-state index contributed by atoms with van der Waals surface area (Å²) in [4.78, 5) is 27.7. The van der Waals surface area contributed by atoms with Crippen LogP contribution in [0.2, 0.25) is 0 Å². The van der Waals surface area contributed by atoms with E-state index in [2.05, 4.69) is 5.10 Å². The van der Waals surface area contributed by atoms with E-state index in [4.69, 9.17) is 0 Å². The van der Waals surface area contributed by atoms with Gasteiger partial charge >= 0.3 is 0 Å². The van der Waals surface area contributed by atoms with Gasteiger partial charge in [0.1, 0.15) is 5.82 Å². The number of benzene rings is 2. The van der Waals surface area contributed by atoms with Crippen molar-refractivity contribution in [1.29, 1.82) is 0 Å². The van der Waals surface area contributed by atoms with Crippen LogP contribution in [0.5, 0.6) is 0 Å². The molecule has 5 nitrogen and oxygen atoms in total. The SMILES string of the molecule is Cc1nn(-c2ccc(F)cc2)c(C)c1C(=O)N1CCC(C(=O)c2ccccc2)CC1. The van der Waals surface area contributed by atoms with Crippen molar-refractivity contribution in [3.63, 3.8) is 0 Å². The maximum atomic E-state index is 13.2. The molecule has 1 aromatic heterocycles. The highest BCUT2D eigenvalue weighted by Gasteiger charge is 2.30. The van der Waals surface area contributed by atoms with Gasteiger partial charge in [-0.3, -0.25) is 9.59 Å². The lowest BCUT2D eigenvalue weighted by Crippen LogP contribution is -2.40.